The van der Waals surface area contributed by atoms with Gasteiger partial charge in [0.2, 0.25) is 5.91 Å². The summed E-state index contributed by atoms with van der Waals surface area (Å²) in [4.78, 5) is 14.3. The molecule has 6 nitrogen and oxygen atoms in total. The smallest absolute Gasteiger partial charge is 0.217 e. The Labute approximate surface area is 210 Å². The third kappa shape index (κ3) is 6.36. The first-order valence-corrected chi connectivity index (χ1v) is 13.1. The summed E-state index contributed by atoms with van der Waals surface area (Å²) in [6.07, 6.45) is 4.07. The summed E-state index contributed by atoms with van der Waals surface area (Å²) in [5, 5.41) is 17.7. The van der Waals surface area contributed by atoms with Crippen LogP contribution in [0.4, 0.5) is 5.69 Å². The van der Waals surface area contributed by atoms with E-state index in [4.69, 9.17) is 4.74 Å². The van der Waals surface area contributed by atoms with Crippen LogP contribution in [0.5, 0.6) is 5.75 Å². The molecule has 0 aromatic heterocycles. The highest BCUT2D eigenvalue weighted by molar-refractivity contribution is 5.73. The Morgan fingerprint density at radius 3 is 2.54 bits per heavy atom. The topological polar surface area (TPSA) is 73.8 Å². The van der Waals surface area contributed by atoms with Crippen LogP contribution in [0.2, 0.25) is 0 Å². The molecule has 3 atom stereocenters. The van der Waals surface area contributed by atoms with Crippen molar-refractivity contribution in [3.63, 3.8) is 0 Å². The van der Waals surface area contributed by atoms with Crippen molar-refractivity contribution in [2.24, 2.45) is 0 Å². The highest BCUT2D eigenvalue weighted by atomic mass is 16.5. The molecule has 190 valence electrons. The summed E-state index contributed by atoms with van der Waals surface area (Å²) in [6.45, 7) is 10.5. The summed E-state index contributed by atoms with van der Waals surface area (Å²) in [5.41, 5.74) is 4.46. The number of nitrogens with one attached hydrogen (secondary N) is 2. The average Bonchev–Trinajstić information content (AvgIpc) is 3.36. The number of aliphatic hydroxyl groups excluding tert-OH is 1. The molecule has 2 heterocycles. The first-order chi connectivity index (χ1) is 16.8. The molecule has 3 N–H and O–H groups in total. The Balaban J connectivity index is 1.55. The molecule has 2 aromatic rings. The number of ether oxygens (including phenoxy) is 1. The standard InChI is InChI=1S/C29H41N3O3/c1-5-21-15-23-25(18-29(3,4)35-28(23)26(17-21)32-13-9-10-14-32)30-19-27(34)24(31-20(2)33)16-22-11-7-6-8-12-22/h6-8,11-12,15,17,24-25,27,30,34H,5,9-10,13-14,16,18-19H2,1-4H3,(H,31,33)/t24-,25+,27+/m0/s1. The zero-order valence-corrected chi connectivity index (χ0v) is 21.6. The molecule has 0 aliphatic carbocycles. The normalized spacial score (nSPS) is 20.6. The summed E-state index contributed by atoms with van der Waals surface area (Å²) in [6, 6.07) is 14.2. The van der Waals surface area contributed by atoms with Crippen LogP contribution < -0.4 is 20.3 Å². The Morgan fingerprint density at radius 2 is 1.89 bits per heavy atom. The minimum absolute atomic E-state index is 0.0611. The summed E-state index contributed by atoms with van der Waals surface area (Å²) < 4.78 is 6.58. The van der Waals surface area contributed by atoms with Crippen molar-refractivity contribution in [1.82, 2.24) is 10.6 Å². The second kappa shape index (κ2) is 11.0. The number of fused-ring (bicyclic) bond motifs is 1. The maximum Gasteiger partial charge on any atom is 0.217 e. The number of anilines is 1. The van der Waals surface area contributed by atoms with Gasteiger partial charge in [-0.15, -0.1) is 0 Å². The van der Waals surface area contributed by atoms with Gasteiger partial charge >= 0.3 is 0 Å². The maximum atomic E-state index is 11.9. The third-order valence-electron chi connectivity index (χ3n) is 7.19. The summed E-state index contributed by atoms with van der Waals surface area (Å²) in [7, 11) is 0. The quantitative estimate of drug-likeness (QED) is 0.504. The van der Waals surface area contributed by atoms with Gasteiger partial charge in [0, 0.05) is 44.6 Å². The van der Waals surface area contributed by atoms with E-state index in [-0.39, 0.29) is 23.6 Å². The fourth-order valence-corrected chi connectivity index (χ4v) is 5.38. The van der Waals surface area contributed by atoms with E-state index >= 15 is 0 Å². The largest absolute Gasteiger partial charge is 0.485 e. The molecule has 0 bridgehead atoms. The number of benzene rings is 2. The minimum atomic E-state index is -0.721. The number of carbonyl (C=O) groups excluding carboxylic acids is 1. The van der Waals surface area contributed by atoms with Crippen LogP contribution >= 0.6 is 0 Å². The Bertz CT molecular complexity index is 1000. The van der Waals surface area contributed by atoms with E-state index in [1.807, 2.05) is 30.3 Å². The van der Waals surface area contributed by atoms with Crippen molar-refractivity contribution in [3.8, 4) is 5.75 Å². The molecular formula is C29H41N3O3. The second-order valence-electron chi connectivity index (χ2n) is 10.7. The van der Waals surface area contributed by atoms with Gasteiger partial charge in [-0.1, -0.05) is 43.3 Å². The molecule has 6 heteroatoms. The molecule has 1 saturated heterocycles. The monoisotopic (exact) mass is 479 g/mol. The van der Waals surface area contributed by atoms with Gasteiger partial charge in [-0.25, -0.2) is 0 Å². The number of carbonyl (C=O) groups is 1. The van der Waals surface area contributed by atoms with Gasteiger partial charge in [-0.05, 0) is 56.7 Å². The highest BCUT2D eigenvalue weighted by Gasteiger charge is 2.37. The van der Waals surface area contributed by atoms with Gasteiger partial charge in [0.1, 0.15) is 11.4 Å². The van der Waals surface area contributed by atoms with E-state index in [0.717, 1.165) is 37.2 Å². The Hall–Kier alpha value is -2.57. The van der Waals surface area contributed by atoms with Gasteiger partial charge in [-0.2, -0.15) is 0 Å². The summed E-state index contributed by atoms with van der Waals surface area (Å²) in [5.74, 6) is 0.848. The number of aliphatic hydroxyl groups is 1. The van der Waals surface area contributed by atoms with E-state index < -0.39 is 6.10 Å². The van der Waals surface area contributed by atoms with Crippen LogP contribution in [0.1, 0.15) is 69.7 Å². The van der Waals surface area contributed by atoms with E-state index in [2.05, 4.69) is 48.4 Å². The van der Waals surface area contributed by atoms with E-state index in [1.165, 1.54) is 36.6 Å². The van der Waals surface area contributed by atoms with Crippen molar-refractivity contribution >= 4 is 11.6 Å². The predicted molar refractivity (Wildman–Crippen MR) is 141 cm³/mol. The van der Waals surface area contributed by atoms with E-state index in [1.54, 1.807) is 0 Å². The first kappa shape index (κ1) is 25.5. The fraction of sp³-hybridized carbons (Fsp3) is 0.552. The van der Waals surface area contributed by atoms with Crippen molar-refractivity contribution in [1.29, 1.82) is 0 Å². The van der Waals surface area contributed by atoms with Gasteiger partial charge in [0.25, 0.3) is 0 Å². The molecular weight excluding hydrogens is 438 g/mol. The number of nitrogens with zero attached hydrogens (tertiary/aromatic N) is 1. The maximum absolute atomic E-state index is 11.9. The van der Waals surface area contributed by atoms with Crippen LogP contribution in [-0.4, -0.2) is 48.4 Å². The molecule has 1 fully saturated rings. The Morgan fingerprint density at radius 1 is 1.17 bits per heavy atom. The number of amides is 1. The molecule has 0 saturated carbocycles. The van der Waals surface area contributed by atoms with Crippen LogP contribution in [0, 0.1) is 0 Å². The van der Waals surface area contributed by atoms with Gasteiger partial charge < -0.3 is 25.4 Å². The Kier molecular flexibility index (Phi) is 8.02. The lowest BCUT2D eigenvalue weighted by molar-refractivity contribution is -0.120. The molecule has 1 amide bonds. The molecule has 0 radical (unpaired) electrons. The van der Waals surface area contributed by atoms with E-state index in [0.29, 0.717) is 13.0 Å². The first-order valence-electron chi connectivity index (χ1n) is 13.1. The lowest BCUT2D eigenvalue weighted by atomic mass is 9.87. The molecule has 2 aromatic carbocycles. The zero-order chi connectivity index (χ0) is 25.0. The number of hydrogen-bond acceptors (Lipinski definition) is 5. The predicted octanol–water partition coefficient (Wildman–Crippen LogP) is 4.15. The number of aryl methyl sites for hydroxylation is 1. The van der Waals surface area contributed by atoms with Gasteiger partial charge in [0.15, 0.2) is 0 Å². The fourth-order valence-electron chi connectivity index (χ4n) is 5.38. The van der Waals surface area contributed by atoms with Gasteiger partial charge in [-0.3, -0.25) is 4.79 Å². The van der Waals surface area contributed by atoms with Crippen molar-refractivity contribution in [2.45, 2.75) is 83.6 Å². The molecule has 4 rings (SSSR count). The highest BCUT2D eigenvalue weighted by Crippen LogP contribution is 2.46. The molecule has 2 aliphatic rings. The van der Waals surface area contributed by atoms with Crippen LogP contribution in [-0.2, 0) is 17.6 Å². The van der Waals surface area contributed by atoms with Crippen LogP contribution in [0.15, 0.2) is 42.5 Å². The molecule has 2 aliphatic heterocycles. The van der Waals surface area contributed by atoms with E-state index in [9.17, 15) is 9.90 Å². The SMILES string of the molecule is CCc1cc2c(c(N3CCCC3)c1)OC(C)(C)C[C@H]2NC[C@@H](O)[C@H](Cc1ccccc1)NC(C)=O. The molecule has 0 unspecified atom stereocenters. The summed E-state index contributed by atoms with van der Waals surface area (Å²) >= 11 is 0. The zero-order valence-electron chi connectivity index (χ0n) is 21.6. The third-order valence-corrected chi connectivity index (χ3v) is 7.19. The van der Waals surface area contributed by atoms with Gasteiger partial charge in [0.05, 0.1) is 17.8 Å². The molecule has 0 spiro atoms. The number of rotatable bonds is 9. The van der Waals surface area contributed by atoms with Crippen molar-refractivity contribution in [3.05, 3.63) is 59.2 Å². The lowest BCUT2D eigenvalue weighted by Gasteiger charge is -2.41. The molecule has 35 heavy (non-hydrogen) atoms. The van der Waals surface area contributed by atoms with Crippen molar-refractivity contribution in [2.75, 3.05) is 24.5 Å². The average molecular weight is 480 g/mol. The van der Waals surface area contributed by atoms with Crippen molar-refractivity contribution < 1.29 is 14.6 Å². The lowest BCUT2D eigenvalue weighted by Crippen LogP contribution is -2.49. The minimum Gasteiger partial charge on any atom is -0.485 e. The second-order valence-corrected chi connectivity index (χ2v) is 10.7. The van der Waals surface area contributed by atoms with Crippen LogP contribution in [0.3, 0.4) is 0 Å². The van der Waals surface area contributed by atoms with Crippen LogP contribution in [0.25, 0.3) is 0 Å². The number of hydrogen-bond donors (Lipinski definition) is 3.